The van der Waals surface area contributed by atoms with E-state index in [1.165, 1.54) is 0 Å². The van der Waals surface area contributed by atoms with Crippen molar-refractivity contribution in [3.05, 3.63) is 42.0 Å². The first-order chi connectivity index (χ1) is 14.0. The van der Waals surface area contributed by atoms with E-state index in [0.717, 1.165) is 11.0 Å². The molecule has 0 saturated heterocycles. The van der Waals surface area contributed by atoms with Crippen molar-refractivity contribution in [2.24, 2.45) is 0 Å². The second kappa shape index (κ2) is 14.8. The Labute approximate surface area is 176 Å². The van der Waals surface area contributed by atoms with Crippen LogP contribution < -0.4 is 5.46 Å². The molecule has 0 aliphatic heterocycles. The molecule has 0 aromatic heterocycles. The van der Waals surface area contributed by atoms with Crippen molar-refractivity contribution in [3.8, 4) is 23.7 Å². The number of aryl methyl sites for hydroxylation is 1. The van der Waals surface area contributed by atoms with E-state index in [1.807, 2.05) is 52.8 Å². The molecule has 0 aliphatic rings. The fourth-order valence-corrected chi connectivity index (χ4v) is 2.32. The van der Waals surface area contributed by atoms with E-state index in [-0.39, 0.29) is 0 Å². The Hall–Kier alpha value is -2.15. The average molecular weight is 394 g/mol. The van der Waals surface area contributed by atoms with E-state index in [4.69, 9.17) is 18.9 Å². The molecule has 29 heavy (non-hydrogen) atoms. The molecule has 0 fully saturated rings. The van der Waals surface area contributed by atoms with Gasteiger partial charge in [0.05, 0.1) is 0 Å². The Morgan fingerprint density at radius 3 is 1.83 bits per heavy atom. The fourth-order valence-electron chi connectivity index (χ4n) is 2.32. The van der Waals surface area contributed by atoms with E-state index in [2.05, 4.69) is 43.3 Å². The quantitative estimate of drug-likeness (QED) is 0.348. The second-order valence-electron chi connectivity index (χ2n) is 5.92. The number of rotatable bonds is 10. The number of allylic oxidation sites excluding steroid dienone is 1. The van der Waals surface area contributed by atoms with Crippen molar-refractivity contribution in [2.45, 2.75) is 47.2 Å². The van der Waals surface area contributed by atoms with Crippen LogP contribution in [0.5, 0.6) is 0 Å². The third kappa shape index (κ3) is 9.75. The number of hydrogen-bond donors (Lipinski definition) is 0. The van der Waals surface area contributed by atoms with E-state index in [0.29, 0.717) is 37.5 Å². The molecule has 0 atom stereocenters. The van der Waals surface area contributed by atoms with Gasteiger partial charge in [0.15, 0.2) is 0 Å². The first kappa shape index (κ1) is 24.9. The van der Waals surface area contributed by atoms with Crippen LogP contribution in [0.25, 0.3) is 0 Å². The molecule has 154 valence electrons. The predicted molar refractivity (Wildman–Crippen MR) is 120 cm³/mol. The van der Waals surface area contributed by atoms with Gasteiger partial charge in [-0.05, 0) is 0 Å². The maximum atomic E-state index is 5.52. The minimum atomic E-state index is -0.592. The topological polar surface area (TPSA) is 36.9 Å². The normalized spacial score (nSPS) is 10.8. The van der Waals surface area contributed by atoms with Crippen LogP contribution in [-0.2, 0) is 18.9 Å². The second-order valence-corrected chi connectivity index (χ2v) is 5.92. The summed E-state index contributed by atoms with van der Waals surface area (Å²) in [7, 11) is 0. The molecule has 4 nitrogen and oxygen atoms in total. The van der Waals surface area contributed by atoms with Gasteiger partial charge < -0.3 is 0 Å². The molecule has 1 aromatic carbocycles. The minimum absolute atomic E-state index is 0.515. The van der Waals surface area contributed by atoms with Gasteiger partial charge in [0.25, 0.3) is 0 Å². The third-order valence-corrected chi connectivity index (χ3v) is 3.75. The van der Waals surface area contributed by atoms with Gasteiger partial charge >= 0.3 is 176 Å². The first-order valence-corrected chi connectivity index (χ1v) is 10.0. The summed E-state index contributed by atoms with van der Waals surface area (Å²) >= 11 is 0. The monoisotopic (exact) mass is 394 g/mol. The summed E-state index contributed by atoms with van der Waals surface area (Å²) < 4.78 is 22.0. The van der Waals surface area contributed by atoms with Crippen LogP contribution in [0.1, 0.15) is 33.3 Å². The number of ether oxygens (including phenoxy) is 4. The Bertz CT molecular complexity index is 780. The zero-order chi connectivity index (χ0) is 21.5. The molecule has 0 aliphatic carbocycles. The molecule has 1 rings (SSSR count). The summed E-state index contributed by atoms with van der Waals surface area (Å²) in [5, 5.41) is 0. The van der Waals surface area contributed by atoms with E-state index < -0.39 is 12.6 Å². The molecule has 0 bridgehead atoms. The molecule has 0 N–H and O–H groups in total. The molecule has 5 heteroatoms. The van der Waals surface area contributed by atoms with Gasteiger partial charge in [-0.2, -0.15) is 0 Å². The van der Waals surface area contributed by atoms with Crippen LogP contribution in [0, 0.1) is 30.6 Å². The molecule has 0 unspecified atom stereocenters. The van der Waals surface area contributed by atoms with Gasteiger partial charge in [-0.1, -0.05) is 0 Å². The molecular weight excluding hydrogens is 363 g/mol. The summed E-state index contributed by atoms with van der Waals surface area (Å²) in [6.45, 7) is 17.8. The molecule has 0 spiro atoms. The van der Waals surface area contributed by atoms with Crippen molar-refractivity contribution >= 4 is 17.8 Å². The van der Waals surface area contributed by atoms with Crippen LogP contribution >= 0.6 is 0 Å². The van der Waals surface area contributed by atoms with Crippen LogP contribution in [0.15, 0.2) is 36.4 Å². The zero-order valence-electron chi connectivity index (χ0n) is 18.2. The van der Waals surface area contributed by atoms with Crippen molar-refractivity contribution < 1.29 is 18.9 Å². The Morgan fingerprint density at radius 1 is 0.862 bits per heavy atom. The predicted octanol–water partition coefficient (Wildman–Crippen LogP) is 2.86. The third-order valence-electron chi connectivity index (χ3n) is 3.75. The van der Waals surface area contributed by atoms with Crippen LogP contribution in [0.2, 0.25) is 0 Å². The molecule has 1 aromatic rings. The standard InChI is InChI=1S/C24H31BO4/c1-7-26-23(27-8-2)17-15-20(6)22(16-18-24(28-9-3)29-10-4)25-21-14-12-11-13-19(21)5/h11-14,23-24H,6-10H2,1-5H3. The molecule has 0 radical (unpaired) electrons. The molecule has 0 amide bonds. The van der Waals surface area contributed by atoms with Gasteiger partial charge in [0, 0.05) is 0 Å². The van der Waals surface area contributed by atoms with Gasteiger partial charge in [-0.3, -0.25) is 0 Å². The van der Waals surface area contributed by atoms with Gasteiger partial charge in [-0.25, -0.2) is 0 Å². The maximum absolute atomic E-state index is 5.52. The van der Waals surface area contributed by atoms with Crippen molar-refractivity contribution in [3.63, 3.8) is 0 Å². The molecule has 0 heterocycles. The van der Waals surface area contributed by atoms with Gasteiger partial charge in [-0.15, -0.1) is 0 Å². The SMILES string of the molecule is C=C(C#CC(OCC)OCC)C(=Bc1ccccc1C)C#CC(OCC)OCC. The van der Waals surface area contributed by atoms with E-state index in [1.54, 1.807) is 0 Å². The van der Waals surface area contributed by atoms with E-state index in [9.17, 15) is 0 Å². The summed E-state index contributed by atoms with van der Waals surface area (Å²) in [6, 6.07) is 8.07. The summed E-state index contributed by atoms with van der Waals surface area (Å²) in [4.78, 5) is 0. The summed E-state index contributed by atoms with van der Waals surface area (Å²) in [5.41, 5.74) is 3.47. The number of benzene rings is 1. The Morgan fingerprint density at radius 2 is 1.34 bits per heavy atom. The van der Waals surface area contributed by atoms with Crippen LogP contribution in [0.3, 0.4) is 0 Å². The van der Waals surface area contributed by atoms with Crippen LogP contribution in [0.4, 0.5) is 0 Å². The van der Waals surface area contributed by atoms with Gasteiger partial charge in [0.1, 0.15) is 0 Å². The average Bonchev–Trinajstić information content (AvgIpc) is 2.71. The summed E-state index contributed by atoms with van der Waals surface area (Å²) in [5.74, 6) is 12.2. The molecule has 0 saturated carbocycles. The Kier molecular flexibility index (Phi) is 12.7. The summed E-state index contributed by atoms with van der Waals surface area (Å²) in [6.07, 6.45) is -1.18. The van der Waals surface area contributed by atoms with Gasteiger partial charge in [0.2, 0.25) is 0 Å². The van der Waals surface area contributed by atoms with Crippen molar-refractivity contribution in [1.82, 2.24) is 0 Å². The molecular formula is C24H31BO4. The zero-order valence-corrected chi connectivity index (χ0v) is 18.2. The first-order valence-electron chi connectivity index (χ1n) is 10.0. The van der Waals surface area contributed by atoms with Crippen molar-refractivity contribution in [2.75, 3.05) is 26.4 Å². The van der Waals surface area contributed by atoms with Crippen molar-refractivity contribution in [1.29, 1.82) is 0 Å². The van der Waals surface area contributed by atoms with Crippen LogP contribution in [-0.4, -0.2) is 51.4 Å². The fraction of sp³-hybridized carbons (Fsp3) is 0.458. The number of hydrogen-bond acceptors (Lipinski definition) is 4. The Balaban J connectivity index is 3.24. The van der Waals surface area contributed by atoms with E-state index >= 15 is 0 Å².